The molecule has 21 heavy (non-hydrogen) atoms. The number of rotatable bonds is 4. The predicted octanol–water partition coefficient (Wildman–Crippen LogP) is 2.08. The van der Waals surface area contributed by atoms with E-state index in [1.54, 1.807) is 6.20 Å². The van der Waals surface area contributed by atoms with Gasteiger partial charge in [0.2, 0.25) is 0 Å². The highest BCUT2D eigenvalue weighted by Gasteiger charge is 2.20. The quantitative estimate of drug-likeness (QED) is 0.934. The fourth-order valence-corrected chi connectivity index (χ4v) is 3.03. The molecular formula is C16H23N5. The van der Waals surface area contributed by atoms with Crippen molar-refractivity contribution in [2.45, 2.75) is 32.9 Å². The highest BCUT2D eigenvalue weighted by Crippen LogP contribution is 2.22. The van der Waals surface area contributed by atoms with Crippen molar-refractivity contribution in [2.75, 3.05) is 18.8 Å². The lowest BCUT2D eigenvalue weighted by atomic mass is 9.96. The van der Waals surface area contributed by atoms with Gasteiger partial charge < -0.3 is 10.3 Å². The van der Waals surface area contributed by atoms with Gasteiger partial charge in [0.15, 0.2) is 0 Å². The maximum absolute atomic E-state index is 5.92. The fourth-order valence-electron chi connectivity index (χ4n) is 3.03. The molecule has 0 aliphatic carbocycles. The molecule has 2 aromatic rings. The number of nitrogens with two attached hydrogens (primary N) is 1. The summed E-state index contributed by atoms with van der Waals surface area (Å²) in [5.74, 6) is 2.52. The Hall–Kier alpha value is -1.88. The topological polar surface area (TPSA) is 60.0 Å². The Balaban J connectivity index is 1.51. The van der Waals surface area contributed by atoms with Gasteiger partial charge in [-0.25, -0.2) is 9.97 Å². The predicted molar refractivity (Wildman–Crippen MR) is 83.6 cm³/mol. The van der Waals surface area contributed by atoms with E-state index < -0.39 is 0 Å². The van der Waals surface area contributed by atoms with E-state index in [1.807, 2.05) is 12.3 Å². The number of nitrogen functional groups attached to an aromatic ring is 1. The van der Waals surface area contributed by atoms with Gasteiger partial charge >= 0.3 is 0 Å². The average Bonchev–Trinajstić information content (AvgIpc) is 2.89. The number of hydrogen-bond acceptors (Lipinski definition) is 4. The van der Waals surface area contributed by atoms with Gasteiger partial charge in [-0.2, -0.15) is 0 Å². The lowest BCUT2D eigenvalue weighted by Crippen LogP contribution is -2.34. The van der Waals surface area contributed by atoms with Crippen LogP contribution in [0.2, 0.25) is 0 Å². The van der Waals surface area contributed by atoms with Crippen molar-refractivity contribution < 1.29 is 0 Å². The molecule has 1 aliphatic rings. The molecule has 3 rings (SSSR count). The van der Waals surface area contributed by atoms with Gasteiger partial charge in [0, 0.05) is 37.2 Å². The smallest absolute Gasteiger partial charge is 0.127 e. The molecule has 2 aromatic heterocycles. The number of piperidine rings is 1. The van der Waals surface area contributed by atoms with Crippen LogP contribution >= 0.6 is 0 Å². The molecule has 5 heteroatoms. The molecular weight excluding hydrogens is 262 g/mol. The number of nitrogens with zero attached hydrogens (tertiary/aromatic N) is 4. The second-order valence-electron chi connectivity index (χ2n) is 5.89. The second kappa shape index (κ2) is 6.26. The standard InChI is InChI=1S/C16H23N5/c1-13-18-7-10-21(13)11-14-4-8-20(9-5-14)12-15-3-2-6-19-16(15)17/h2-3,6-7,10,14H,4-5,8-9,11-12H2,1H3,(H2,17,19). The van der Waals surface area contributed by atoms with Crippen LogP contribution in [0.1, 0.15) is 24.2 Å². The highest BCUT2D eigenvalue weighted by molar-refractivity contribution is 5.38. The number of anilines is 1. The third kappa shape index (κ3) is 3.42. The van der Waals surface area contributed by atoms with E-state index in [0.29, 0.717) is 5.82 Å². The van der Waals surface area contributed by atoms with Crippen LogP contribution in [-0.2, 0) is 13.1 Å². The van der Waals surface area contributed by atoms with Crippen LogP contribution in [0.15, 0.2) is 30.7 Å². The maximum atomic E-state index is 5.92. The molecule has 0 amide bonds. The normalized spacial score (nSPS) is 17.2. The van der Waals surface area contributed by atoms with Crippen LogP contribution in [0.5, 0.6) is 0 Å². The minimum absolute atomic E-state index is 0.661. The number of aromatic nitrogens is 3. The van der Waals surface area contributed by atoms with Crippen LogP contribution in [0, 0.1) is 12.8 Å². The molecule has 2 N–H and O–H groups in total. The third-order valence-corrected chi connectivity index (χ3v) is 4.41. The van der Waals surface area contributed by atoms with Crippen molar-refractivity contribution in [3.63, 3.8) is 0 Å². The number of pyridine rings is 1. The molecule has 5 nitrogen and oxygen atoms in total. The minimum atomic E-state index is 0.661. The Morgan fingerprint density at radius 3 is 2.71 bits per heavy atom. The van der Waals surface area contributed by atoms with Crippen molar-refractivity contribution in [3.8, 4) is 0 Å². The van der Waals surface area contributed by atoms with Crippen LogP contribution in [-0.4, -0.2) is 32.5 Å². The number of imidazole rings is 1. The van der Waals surface area contributed by atoms with Crippen LogP contribution in [0.4, 0.5) is 5.82 Å². The van der Waals surface area contributed by atoms with Gasteiger partial charge in [0.1, 0.15) is 11.6 Å². The van der Waals surface area contributed by atoms with Gasteiger partial charge in [-0.3, -0.25) is 4.90 Å². The summed E-state index contributed by atoms with van der Waals surface area (Å²) in [6.07, 6.45) is 8.18. The molecule has 0 unspecified atom stereocenters. The second-order valence-corrected chi connectivity index (χ2v) is 5.89. The van der Waals surface area contributed by atoms with E-state index in [9.17, 15) is 0 Å². The largest absolute Gasteiger partial charge is 0.383 e. The molecule has 3 heterocycles. The number of aryl methyl sites for hydroxylation is 1. The molecule has 0 atom stereocenters. The van der Waals surface area contributed by atoms with Gasteiger partial charge in [0.05, 0.1) is 0 Å². The van der Waals surface area contributed by atoms with Crippen LogP contribution in [0.3, 0.4) is 0 Å². The minimum Gasteiger partial charge on any atom is -0.383 e. The zero-order valence-electron chi connectivity index (χ0n) is 12.6. The summed E-state index contributed by atoms with van der Waals surface area (Å²) >= 11 is 0. The Morgan fingerprint density at radius 2 is 2.05 bits per heavy atom. The summed E-state index contributed by atoms with van der Waals surface area (Å²) in [6.45, 7) is 6.34. The van der Waals surface area contributed by atoms with E-state index >= 15 is 0 Å². The van der Waals surface area contributed by atoms with Gasteiger partial charge in [-0.15, -0.1) is 0 Å². The van der Waals surface area contributed by atoms with Gasteiger partial charge in [-0.05, 0) is 44.8 Å². The zero-order valence-corrected chi connectivity index (χ0v) is 12.6. The number of hydrogen-bond donors (Lipinski definition) is 1. The molecule has 1 fully saturated rings. The van der Waals surface area contributed by atoms with E-state index in [1.165, 1.54) is 12.8 Å². The SMILES string of the molecule is Cc1nccn1CC1CCN(Cc2cccnc2N)CC1. The summed E-state index contributed by atoms with van der Waals surface area (Å²) in [5, 5.41) is 0. The molecule has 0 radical (unpaired) electrons. The first-order chi connectivity index (χ1) is 10.2. The van der Waals surface area contributed by atoms with E-state index in [4.69, 9.17) is 5.73 Å². The summed E-state index contributed by atoms with van der Waals surface area (Å²) in [5.41, 5.74) is 7.06. The number of likely N-dealkylation sites (tertiary alicyclic amines) is 1. The van der Waals surface area contributed by atoms with Crippen molar-refractivity contribution in [2.24, 2.45) is 5.92 Å². The Labute approximate surface area is 125 Å². The summed E-state index contributed by atoms with van der Waals surface area (Å²) in [4.78, 5) is 10.9. The van der Waals surface area contributed by atoms with Crippen molar-refractivity contribution in [3.05, 3.63) is 42.1 Å². The molecule has 1 aliphatic heterocycles. The van der Waals surface area contributed by atoms with E-state index in [-0.39, 0.29) is 0 Å². The Morgan fingerprint density at radius 1 is 1.24 bits per heavy atom. The van der Waals surface area contributed by atoms with Crippen LogP contribution in [0.25, 0.3) is 0 Å². The lowest BCUT2D eigenvalue weighted by molar-refractivity contribution is 0.167. The van der Waals surface area contributed by atoms with Gasteiger partial charge in [-0.1, -0.05) is 6.07 Å². The summed E-state index contributed by atoms with van der Waals surface area (Å²) < 4.78 is 2.26. The lowest BCUT2D eigenvalue weighted by Gasteiger charge is -2.32. The van der Waals surface area contributed by atoms with E-state index in [2.05, 4.69) is 38.6 Å². The highest BCUT2D eigenvalue weighted by atomic mass is 15.1. The Kier molecular flexibility index (Phi) is 4.20. The summed E-state index contributed by atoms with van der Waals surface area (Å²) in [6, 6.07) is 4.03. The molecule has 112 valence electrons. The maximum Gasteiger partial charge on any atom is 0.127 e. The molecule has 1 saturated heterocycles. The van der Waals surface area contributed by atoms with Gasteiger partial charge in [0.25, 0.3) is 0 Å². The third-order valence-electron chi connectivity index (χ3n) is 4.41. The monoisotopic (exact) mass is 285 g/mol. The van der Waals surface area contributed by atoms with Crippen molar-refractivity contribution >= 4 is 5.82 Å². The first kappa shape index (κ1) is 14.1. The first-order valence-electron chi connectivity index (χ1n) is 7.62. The zero-order chi connectivity index (χ0) is 14.7. The summed E-state index contributed by atoms with van der Waals surface area (Å²) in [7, 11) is 0. The average molecular weight is 285 g/mol. The van der Waals surface area contributed by atoms with E-state index in [0.717, 1.165) is 43.5 Å². The first-order valence-corrected chi connectivity index (χ1v) is 7.62. The van der Waals surface area contributed by atoms with Crippen molar-refractivity contribution in [1.29, 1.82) is 0 Å². The molecule has 0 saturated carbocycles. The molecule has 0 spiro atoms. The Bertz CT molecular complexity index is 584. The molecule has 0 bridgehead atoms. The van der Waals surface area contributed by atoms with Crippen molar-refractivity contribution in [1.82, 2.24) is 19.4 Å². The van der Waals surface area contributed by atoms with Crippen LogP contribution < -0.4 is 5.73 Å². The molecule has 0 aromatic carbocycles. The fraction of sp³-hybridized carbons (Fsp3) is 0.500.